The second-order valence-electron chi connectivity index (χ2n) is 5.77. The molecule has 0 bridgehead atoms. The van der Waals surface area contributed by atoms with Gasteiger partial charge in [-0.25, -0.2) is 0 Å². The Balaban J connectivity index is 1.79. The third-order valence-electron chi connectivity index (χ3n) is 5.87. The maximum absolute atomic E-state index is 10.2. The van der Waals surface area contributed by atoms with Crippen LogP contribution in [0.4, 0.5) is 0 Å². The second kappa shape index (κ2) is 1.71. The average Bonchev–Trinajstić information content (AvgIpc) is 2.42. The lowest BCUT2D eigenvalue weighted by Gasteiger charge is -2.53. The summed E-state index contributed by atoms with van der Waals surface area (Å²) in [5.41, 5.74) is 0. The summed E-state index contributed by atoms with van der Waals surface area (Å²) >= 11 is 2.27. The summed E-state index contributed by atoms with van der Waals surface area (Å²) in [4.78, 5) is 0. The Hall–Kier alpha value is 0.310. The van der Waals surface area contributed by atoms with E-state index in [2.05, 4.69) is 11.8 Å². The highest BCUT2D eigenvalue weighted by Crippen LogP contribution is 2.79. The van der Waals surface area contributed by atoms with Gasteiger partial charge in [0.05, 0.1) is 6.10 Å². The number of fused-ring (bicyclic) bond motifs is 9. The largest absolute Gasteiger partial charge is 0.392 e. The Bertz CT molecular complexity index is 292. The third kappa shape index (κ3) is 0.460. The topological polar surface area (TPSA) is 20.2 Å². The van der Waals surface area contributed by atoms with Crippen LogP contribution >= 0.6 is 11.8 Å². The van der Waals surface area contributed by atoms with Gasteiger partial charge in [-0.05, 0) is 36.5 Å². The Labute approximate surface area is 82.3 Å². The summed E-state index contributed by atoms with van der Waals surface area (Å²) in [5.74, 6) is 5.50. The van der Waals surface area contributed by atoms with Crippen molar-refractivity contribution in [3.8, 4) is 0 Å². The van der Waals surface area contributed by atoms with Crippen LogP contribution in [0.15, 0.2) is 0 Å². The fraction of sp³-hybridized carbons (Fsp3) is 1.00. The number of hydrogen-bond acceptors (Lipinski definition) is 2. The summed E-state index contributed by atoms with van der Waals surface area (Å²) < 4.78 is 0. The van der Waals surface area contributed by atoms with Crippen LogP contribution < -0.4 is 0 Å². The van der Waals surface area contributed by atoms with Gasteiger partial charge >= 0.3 is 0 Å². The van der Waals surface area contributed by atoms with E-state index < -0.39 is 0 Å². The zero-order valence-corrected chi connectivity index (χ0v) is 8.28. The molecule has 9 atom stereocenters. The fourth-order valence-electron chi connectivity index (χ4n) is 5.72. The third-order valence-corrected chi connectivity index (χ3v) is 7.79. The Kier molecular flexibility index (Phi) is 0.887. The normalized spacial score (nSPS) is 80.5. The molecule has 0 spiro atoms. The molecule has 0 aromatic carbocycles. The molecule has 0 unspecified atom stereocenters. The van der Waals surface area contributed by atoms with E-state index in [0.29, 0.717) is 0 Å². The van der Waals surface area contributed by atoms with Gasteiger partial charge < -0.3 is 5.11 Å². The molecule has 0 radical (unpaired) electrons. The van der Waals surface area contributed by atoms with E-state index >= 15 is 0 Å². The lowest BCUT2D eigenvalue weighted by molar-refractivity contribution is -0.0354. The molecule has 2 heteroatoms. The molecular formula is C11H14OS. The van der Waals surface area contributed by atoms with Crippen LogP contribution in [-0.2, 0) is 0 Å². The zero-order chi connectivity index (χ0) is 8.32. The van der Waals surface area contributed by atoms with Crippen molar-refractivity contribution in [2.24, 2.45) is 35.5 Å². The first kappa shape index (κ1) is 6.73. The van der Waals surface area contributed by atoms with Crippen molar-refractivity contribution in [3.63, 3.8) is 0 Å². The smallest absolute Gasteiger partial charge is 0.0623 e. The molecule has 4 rings (SSSR count). The highest BCUT2D eigenvalue weighted by Gasteiger charge is 2.78. The predicted octanol–water partition coefficient (Wildman–Crippen LogP) is 1.36. The van der Waals surface area contributed by atoms with E-state index in [9.17, 15) is 5.11 Å². The molecule has 1 aliphatic heterocycles. The minimum Gasteiger partial charge on any atom is -0.392 e. The number of rotatable bonds is 0. The molecule has 70 valence electrons. The molecule has 1 heterocycles. The quantitative estimate of drug-likeness (QED) is 0.588. The minimum atomic E-state index is 0.118. The summed E-state index contributed by atoms with van der Waals surface area (Å²) in [6, 6.07) is 0. The van der Waals surface area contributed by atoms with E-state index in [4.69, 9.17) is 0 Å². The molecule has 0 aromatic heterocycles. The van der Waals surface area contributed by atoms with Crippen molar-refractivity contribution in [3.05, 3.63) is 0 Å². The van der Waals surface area contributed by atoms with Gasteiger partial charge in [-0.2, -0.15) is 11.8 Å². The van der Waals surface area contributed by atoms with Gasteiger partial charge in [-0.1, -0.05) is 0 Å². The number of aliphatic hydroxyl groups is 1. The van der Waals surface area contributed by atoms with E-state index in [0.717, 1.165) is 46.0 Å². The molecule has 3 saturated carbocycles. The Morgan fingerprint density at radius 1 is 0.846 bits per heavy atom. The van der Waals surface area contributed by atoms with Gasteiger partial charge in [0.25, 0.3) is 0 Å². The van der Waals surface area contributed by atoms with Crippen molar-refractivity contribution >= 4 is 11.8 Å². The first-order chi connectivity index (χ1) is 6.38. The standard InChI is InChI=1S/C11H14OS/c12-9-7-3-1-2-4-6-5(3)8(9)11(6)13-10(4)7/h3-12H,1-2H2/t3-,4+,5+,6+,7+,8-,9-,10+,11+/m1/s1. The fourth-order valence-corrected chi connectivity index (χ4v) is 8.23. The molecule has 3 aliphatic carbocycles. The minimum absolute atomic E-state index is 0.118. The van der Waals surface area contributed by atoms with Crippen LogP contribution in [0, 0.1) is 35.5 Å². The summed E-state index contributed by atoms with van der Waals surface area (Å²) in [7, 11) is 0. The lowest BCUT2D eigenvalue weighted by Crippen LogP contribution is -2.54. The molecule has 1 N–H and O–H groups in total. The Morgan fingerprint density at radius 2 is 1.69 bits per heavy atom. The van der Waals surface area contributed by atoms with Crippen LogP contribution in [0.2, 0.25) is 0 Å². The molecular weight excluding hydrogens is 180 g/mol. The predicted molar refractivity (Wildman–Crippen MR) is 51.3 cm³/mol. The summed E-state index contributed by atoms with van der Waals surface area (Å²) in [6.07, 6.45) is 3.07. The van der Waals surface area contributed by atoms with E-state index in [1.54, 1.807) is 0 Å². The van der Waals surface area contributed by atoms with Crippen molar-refractivity contribution < 1.29 is 5.11 Å². The van der Waals surface area contributed by atoms with Gasteiger partial charge in [0, 0.05) is 22.3 Å². The number of thioether (sulfide) groups is 1. The van der Waals surface area contributed by atoms with E-state index in [1.807, 2.05) is 0 Å². The van der Waals surface area contributed by atoms with Crippen LogP contribution in [0.5, 0.6) is 0 Å². The van der Waals surface area contributed by atoms with Gasteiger partial charge in [0.15, 0.2) is 0 Å². The highest BCUT2D eigenvalue weighted by molar-refractivity contribution is 8.01. The Morgan fingerprint density at radius 3 is 2.62 bits per heavy atom. The van der Waals surface area contributed by atoms with Crippen molar-refractivity contribution in [1.29, 1.82) is 0 Å². The van der Waals surface area contributed by atoms with Gasteiger partial charge in [-0.15, -0.1) is 0 Å². The SMILES string of the molecule is O[C@@H]1[C@@H]2[C@@H]3CC[C@@H]4[C@@H]2S[C@@H]2[C@@H]1[C@@H]3[C@H]42. The molecule has 1 saturated heterocycles. The van der Waals surface area contributed by atoms with Crippen molar-refractivity contribution in [2.75, 3.05) is 0 Å². The number of aliphatic hydroxyl groups excluding tert-OH is 1. The van der Waals surface area contributed by atoms with Crippen LogP contribution in [0.1, 0.15) is 12.8 Å². The number of hydrogen-bond donors (Lipinski definition) is 1. The van der Waals surface area contributed by atoms with E-state index in [1.165, 1.54) is 12.8 Å². The van der Waals surface area contributed by atoms with E-state index in [-0.39, 0.29) is 6.10 Å². The molecule has 1 nitrogen and oxygen atoms in total. The van der Waals surface area contributed by atoms with Crippen molar-refractivity contribution in [1.82, 2.24) is 0 Å². The van der Waals surface area contributed by atoms with Crippen LogP contribution in [-0.4, -0.2) is 21.7 Å². The van der Waals surface area contributed by atoms with Crippen LogP contribution in [0.3, 0.4) is 0 Å². The molecule has 4 aliphatic rings. The van der Waals surface area contributed by atoms with Crippen molar-refractivity contribution in [2.45, 2.75) is 29.4 Å². The highest BCUT2D eigenvalue weighted by atomic mass is 32.2. The lowest BCUT2D eigenvalue weighted by atomic mass is 9.50. The average molecular weight is 194 g/mol. The van der Waals surface area contributed by atoms with Gasteiger partial charge in [0.1, 0.15) is 0 Å². The molecule has 13 heavy (non-hydrogen) atoms. The second-order valence-corrected chi connectivity index (χ2v) is 7.13. The van der Waals surface area contributed by atoms with Gasteiger partial charge in [0.2, 0.25) is 0 Å². The maximum atomic E-state index is 10.2. The molecule has 4 fully saturated rings. The first-order valence-electron chi connectivity index (χ1n) is 5.71. The summed E-state index contributed by atoms with van der Waals surface area (Å²) in [6.45, 7) is 0. The molecule has 0 amide bonds. The monoisotopic (exact) mass is 194 g/mol. The molecule has 0 aromatic rings. The van der Waals surface area contributed by atoms with Gasteiger partial charge in [-0.3, -0.25) is 0 Å². The maximum Gasteiger partial charge on any atom is 0.0623 e. The first-order valence-corrected chi connectivity index (χ1v) is 6.66. The summed E-state index contributed by atoms with van der Waals surface area (Å²) in [5, 5.41) is 12.0. The zero-order valence-electron chi connectivity index (χ0n) is 7.47. The van der Waals surface area contributed by atoms with Crippen LogP contribution in [0.25, 0.3) is 0 Å².